The Bertz CT molecular complexity index is 529. The summed E-state index contributed by atoms with van der Waals surface area (Å²) in [5.41, 5.74) is -0.886. The molecule has 1 aliphatic heterocycles. The van der Waals surface area contributed by atoms with E-state index in [4.69, 9.17) is 14.0 Å². The zero-order valence-electron chi connectivity index (χ0n) is 13.7. The van der Waals surface area contributed by atoms with Gasteiger partial charge < -0.3 is 14.0 Å². The minimum atomic E-state index is -0.470. The molecular formula is C16H23NO5. The lowest BCUT2D eigenvalue weighted by Crippen LogP contribution is -2.62. The molecule has 0 bridgehead atoms. The Kier molecular flexibility index (Phi) is 4.33. The second-order valence-electron chi connectivity index (χ2n) is 6.91. The predicted molar refractivity (Wildman–Crippen MR) is 78.9 cm³/mol. The number of piperidine rings is 1. The van der Waals surface area contributed by atoms with Gasteiger partial charge in [-0.1, -0.05) is 0 Å². The molecule has 6 heteroatoms. The molecule has 0 N–H and O–H groups in total. The normalized spacial score (nSPS) is 21.3. The quantitative estimate of drug-likeness (QED) is 0.800. The first-order chi connectivity index (χ1) is 10.1. The average Bonchev–Trinajstić information content (AvgIpc) is 2.86. The minimum absolute atomic E-state index is 0.193. The highest BCUT2D eigenvalue weighted by atomic mass is 16.7. The van der Waals surface area contributed by atoms with E-state index in [0.29, 0.717) is 12.8 Å². The van der Waals surface area contributed by atoms with Gasteiger partial charge in [-0.15, -0.1) is 5.06 Å². The van der Waals surface area contributed by atoms with Crippen molar-refractivity contribution in [2.24, 2.45) is 0 Å². The number of furan rings is 1. The Labute approximate surface area is 130 Å². The Morgan fingerprint density at radius 3 is 2.27 bits per heavy atom. The van der Waals surface area contributed by atoms with Crippen LogP contribution in [0.5, 0.6) is 0 Å². The van der Waals surface area contributed by atoms with Crippen LogP contribution in [0.2, 0.25) is 0 Å². The second kappa shape index (κ2) is 5.76. The zero-order valence-corrected chi connectivity index (χ0v) is 13.7. The number of hydroxylamine groups is 2. The van der Waals surface area contributed by atoms with Gasteiger partial charge in [0.05, 0.1) is 17.3 Å². The SMILES string of the molecule is CC(=O)ON1C(C)(C)CC(OC(=O)c2ccco2)CC1(C)C. The van der Waals surface area contributed by atoms with Crippen LogP contribution >= 0.6 is 0 Å². The molecular weight excluding hydrogens is 286 g/mol. The Balaban J connectivity index is 2.11. The van der Waals surface area contributed by atoms with E-state index in [2.05, 4.69) is 0 Å². The first-order valence-corrected chi connectivity index (χ1v) is 7.35. The first-order valence-electron chi connectivity index (χ1n) is 7.35. The van der Waals surface area contributed by atoms with E-state index in [1.807, 2.05) is 27.7 Å². The van der Waals surface area contributed by atoms with E-state index in [-0.39, 0.29) is 17.8 Å². The van der Waals surface area contributed by atoms with E-state index < -0.39 is 17.0 Å². The van der Waals surface area contributed by atoms with Gasteiger partial charge in [-0.05, 0) is 39.8 Å². The third-order valence-corrected chi connectivity index (χ3v) is 3.77. The topological polar surface area (TPSA) is 69.0 Å². The van der Waals surface area contributed by atoms with Crippen LogP contribution in [-0.4, -0.2) is 34.2 Å². The van der Waals surface area contributed by atoms with Crippen LogP contribution in [0.4, 0.5) is 0 Å². The van der Waals surface area contributed by atoms with Crippen molar-refractivity contribution >= 4 is 11.9 Å². The summed E-state index contributed by atoms with van der Waals surface area (Å²) in [6.45, 7) is 9.24. The van der Waals surface area contributed by atoms with E-state index in [9.17, 15) is 9.59 Å². The highest BCUT2D eigenvalue weighted by molar-refractivity contribution is 5.86. The van der Waals surface area contributed by atoms with Gasteiger partial charge in [0.15, 0.2) is 0 Å². The van der Waals surface area contributed by atoms with Crippen molar-refractivity contribution in [3.05, 3.63) is 24.2 Å². The standard InChI is InChI=1S/C16H23NO5/c1-11(18)22-17-15(2,3)9-12(10-16(17,4)5)21-14(19)13-7-6-8-20-13/h6-8,12H,9-10H2,1-5H3. The summed E-state index contributed by atoms with van der Waals surface area (Å²) < 4.78 is 10.6. The largest absolute Gasteiger partial charge is 0.457 e. The average molecular weight is 309 g/mol. The van der Waals surface area contributed by atoms with Gasteiger partial charge in [0.1, 0.15) is 6.10 Å². The maximum atomic E-state index is 12.0. The molecule has 1 aliphatic rings. The monoisotopic (exact) mass is 309 g/mol. The van der Waals surface area contributed by atoms with E-state index in [0.717, 1.165) is 0 Å². The van der Waals surface area contributed by atoms with Crippen LogP contribution in [0.25, 0.3) is 0 Å². The van der Waals surface area contributed by atoms with Crippen molar-refractivity contribution in [1.29, 1.82) is 0 Å². The number of carbonyl (C=O) groups is 2. The Hall–Kier alpha value is -1.82. The lowest BCUT2D eigenvalue weighted by Gasteiger charge is -2.52. The summed E-state index contributed by atoms with van der Waals surface area (Å²) >= 11 is 0. The predicted octanol–water partition coefficient (Wildman–Crippen LogP) is 2.94. The summed E-state index contributed by atoms with van der Waals surface area (Å²) in [5.74, 6) is -0.632. The van der Waals surface area contributed by atoms with Crippen LogP contribution in [0, 0.1) is 0 Å². The van der Waals surface area contributed by atoms with E-state index >= 15 is 0 Å². The van der Waals surface area contributed by atoms with Gasteiger partial charge in [-0.2, -0.15) is 0 Å². The van der Waals surface area contributed by atoms with E-state index in [1.54, 1.807) is 17.2 Å². The third-order valence-electron chi connectivity index (χ3n) is 3.77. The highest BCUT2D eigenvalue weighted by Crippen LogP contribution is 2.40. The Morgan fingerprint density at radius 2 is 1.82 bits per heavy atom. The van der Waals surface area contributed by atoms with Crippen molar-refractivity contribution in [3.63, 3.8) is 0 Å². The number of ether oxygens (including phenoxy) is 1. The number of hydrogen-bond donors (Lipinski definition) is 0. The molecule has 1 aromatic heterocycles. The lowest BCUT2D eigenvalue weighted by molar-refractivity contribution is -0.274. The molecule has 0 aliphatic carbocycles. The number of carbonyl (C=O) groups excluding carboxylic acids is 2. The van der Waals surface area contributed by atoms with E-state index in [1.165, 1.54) is 13.2 Å². The molecule has 0 amide bonds. The van der Waals surface area contributed by atoms with Gasteiger partial charge in [0.2, 0.25) is 5.76 Å². The van der Waals surface area contributed by atoms with Crippen molar-refractivity contribution in [2.45, 2.75) is 64.6 Å². The first kappa shape index (κ1) is 16.5. The van der Waals surface area contributed by atoms with Crippen LogP contribution in [-0.2, 0) is 14.4 Å². The fourth-order valence-corrected chi connectivity index (χ4v) is 3.23. The number of hydrogen-bond acceptors (Lipinski definition) is 6. The molecule has 0 atom stereocenters. The maximum Gasteiger partial charge on any atom is 0.374 e. The van der Waals surface area contributed by atoms with Gasteiger partial charge in [0.25, 0.3) is 0 Å². The molecule has 6 nitrogen and oxygen atoms in total. The molecule has 1 aromatic rings. The molecule has 2 heterocycles. The van der Waals surface area contributed by atoms with Crippen LogP contribution in [0.15, 0.2) is 22.8 Å². The molecule has 22 heavy (non-hydrogen) atoms. The van der Waals surface area contributed by atoms with Gasteiger partial charge in [-0.25, -0.2) is 4.79 Å². The Morgan fingerprint density at radius 1 is 1.23 bits per heavy atom. The molecule has 122 valence electrons. The van der Waals surface area contributed by atoms with Gasteiger partial charge in [0, 0.05) is 19.8 Å². The van der Waals surface area contributed by atoms with Crippen molar-refractivity contribution in [1.82, 2.24) is 5.06 Å². The third kappa shape index (κ3) is 3.50. The number of rotatable bonds is 3. The van der Waals surface area contributed by atoms with Crippen molar-refractivity contribution < 1.29 is 23.6 Å². The molecule has 0 unspecified atom stereocenters. The van der Waals surface area contributed by atoms with Crippen LogP contribution in [0.1, 0.15) is 58.0 Å². The highest BCUT2D eigenvalue weighted by Gasteiger charge is 2.49. The minimum Gasteiger partial charge on any atom is -0.457 e. The lowest BCUT2D eigenvalue weighted by atomic mass is 9.80. The molecule has 2 rings (SSSR count). The maximum absolute atomic E-state index is 12.0. The molecule has 1 saturated heterocycles. The number of nitrogens with zero attached hydrogens (tertiary/aromatic N) is 1. The fourth-order valence-electron chi connectivity index (χ4n) is 3.23. The zero-order chi connectivity index (χ0) is 16.5. The molecule has 1 fully saturated rings. The molecule has 0 aromatic carbocycles. The summed E-state index contributed by atoms with van der Waals surface area (Å²) in [6, 6.07) is 3.22. The van der Waals surface area contributed by atoms with Crippen molar-refractivity contribution in [3.8, 4) is 0 Å². The molecule has 0 saturated carbocycles. The van der Waals surface area contributed by atoms with Crippen LogP contribution in [0.3, 0.4) is 0 Å². The summed E-state index contributed by atoms with van der Waals surface area (Å²) in [5, 5.41) is 1.71. The molecule has 0 radical (unpaired) electrons. The summed E-state index contributed by atoms with van der Waals surface area (Å²) in [7, 11) is 0. The molecule has 0 spiro atoms. The fraction of sp³-hybridized carbons (Fsp3) is 0.625. The summed E-state index contributed by atoms with van der Waals surface area (Å²) in [4.78, 5) is 28.8. The summed E-state index contributed by atoms with van der Waals surface area (Å²) in [6.07, 6.45) is 2.30. The van der Waals surface area contributed by atoms with Crippen LogP contribution < -0.4 is 0 Å². The number of esters is 1. The van der Waals surface area contributed by atoms with Gasteiger partial charge >= 0.3 is 11.9 Å². The smallest absolute Gasteiger partial charge is 0.374 e. The van der Waals surface area contributed by atoms with Crippen molar-refractivity contribution in [2.75, 3.05) is 0 Å². The second-order valence-corrected chi connectivity index (χ2v) is 6.91. The van der Waals surface area contributed by atoms with Gasteiger partial charge in [-0.3, -0.25) is 4.79 Å².